The number of nitrogens with one attached hydrogen (secondary N) is 2. The van der Waals surface area contributed by atoms with Crippen molar-refractivity contribution in [1.82, 2.24) is 15.1 Å². The average Bonchev–Trinajstić information content (AvgIpc) is 2.66. The van der Waals surface area contributed by atoms with E-state index in [1.807, 2.05) is 25.1 Å². The summed E-state index contributed by atoms with van der Waals surface area (Å²) in [5.74, 6) is 0.416. The Morgan fingerprint density at radius 2 is 1.89 bits per heavy atom. The smallest absolute Gasteiger partial charge is 0.273 e. The fourth-order valence-corrected chi connectivity index (χ4v) is 3.00. The predicted molar refractivity (Wildman–Crippen MR) is 103 cm³/mol. The number of hydrogen-bond acceptors (Lipinski definition) is 4. The first kappa shape index (κ1) is 18.4. The van der Waals surface area contributed by atoms with Crippen molar-refractivity contribution in [2.75, 3.05) is 13.7 Å². The van der Waals surface area contributed by atoms with Crippen LogP contribution in [0, 0.1) is 6.92 Å². The van der Waals surface area contributed by atoms with Gasteiger partial charge in [0.25, 0.3) is 11.1 Å². The second-order valence-electron chi connectivity index (χ2n) is 6.29. The van der Waals surface area contributed by atoms with Gasteiger partial charge in [-0.1, -0.05) is 29.8 Å². The van der Waals surface area contributed by atoms with E-state index in [1.165, 1.54) is 0 Å². The Kier molecular flexibility index (Phi) is 5.40. The predicted octanol–water partition coefficient (Wildman–Crippen LogP) is 1.37. The molecule has 0 atom stereocenters. The number of nitrogens with zero attached hydrogens (tertiary/aromatic N) is 1. The van der Waals surface area contributed by atoms with E-state index in [9.17, 15) is 14.4 Å². The van der Waals surface area contributed by atoms with Crippen LogP contribution in [0.15, 0.2) is 52.1 Å². The number of fused-ring (bicyclic) bond motifs is 1. The summed E-state index contributed by atoms with van der Waals surface area (Å²) in [5.41, 5.74) is 1.30. The average molecular weight is 367 g/mol. The number of H-pyrrole nitrogens is 1. The Labute approximate surface area is 155 Å². The van der Waals surface area contributed by atoms with Gasteiger partial charge in [-0.05, 0) is 37.1 Å². The van der Waals surface area contributed by atoms with Gasteiger partial charge in [-0.15, -0.1) is 0 Å². The number of aromatic amines is 1. The van der Waals surface area contributed by atoms with Crippen molar-refractivity contribution >= 4 is 16.7 Å². The summed E-state index contributed by atoms with van der Waals surface area (Å²) in [5, 5.41) is 5.82. The second kappa shape index (κ2) is 7.90. The van der Waals surface area contributed by atoms with Gasteiger partial charge in [0.2, 0.25) is 5.91 Å². The molecule has 2 aromatic carbocycles. The van der Waals surface area contributed by atoms with Crippen molar-refractivity contribution in [3.05, 3.63) is 74.3 Å². The summed E-state index contributed by atoms with van der Waals surface area (Å²) < 4.78 is 6.36. The lowest BCUT2D eigenvalue weighted by Gasteiger charge is -2.11. The highest BCUT2D eigenvalue weighted by Crippen LogP contribution is 2.19. The summed E-state index contributed by atoms with van der Waals surface area (Å²) in [6, 6.07) is 12.4. The molecule has 0 unspecified atom stereocenters. The molecule has 3 aromatic rings. The summed E-state index contributed by atoms with van der Waals surface area (Å²) in [6.07, 6.45) is 0.597. The topological polar surface area (TPSA) is 93.2 Å². The van der Waals surface area contributed by atoms with E-state index in [1.54, 1.807) is 31.4 Å². The first-order valence-electron chi connectivity index (χ1n) is 8.61. The van der Waals surface area contributed by atoms with E-state index >= 15 is 0 Å². The Morgan fingerprint density at radius 3 is 2.63 bits per heavy atom. The van der Waals surface area contributed by atoms with Crippen LogP contribution in [0.5, 0.6) is 5.75 Å². The highest BCUT2D eigenvalue weighted by atomic mass is 16.5. The quantitative estimate of drug-likeness (QED) is 0.688. The maximum atomic E-state index is 12.4. The van der Waals surface area contributed by atoms with E-state index < -0.39 is 11.1 Å². The molecule has 27 heavy (non-hydrogen) atoms. The number of aromatic nitrogens is 2. The lowest BCUT2D eigenvalue weighted by atomic mass is 10.1. The van der Waals surface area contributed by atoms with Crippen molar-refractivity contribution in [2.45, 2.75) is 19.9 Å². The van der Waals surface area contributed by atoms with E-state index in [-0.39, 0.29) is 12.5 Å². The molecule has 0 saturated heterocycles. The van der Waals surface area contributed by atoms with Crippen LogP contribution in [0.4, 0.5) is 0 Å². The highest BCUT2D eigenvalue weighted by Gasteiger charge is 2.10. The molecule has 0 bridgehead atoms. The number of benzene rings is 2. The molecule has 2 N–H and O–H groups in total. The molecule has 0 radical (unpaired) electrons. The van der Waals surface area contributed by atoms with Crippen molar-refractivity contribution in [3.63, 3.8) is 0 Å². The highest BCUT2D eigenvalue weighted by molar-refractivity contribution is 5.81. The Bertz CT molecular complexity index is 1100. The van der Waals surface area contributed by atoms with Crippen LogP contribution >= 0.6 is 0 Å². The van der Waals surface area contributed by atoms with Crippen LogP contribution in [0.1, 0.15) is 11.1 Å². The fraction of sp³-hybridized carbons (Fsp3) is 0.250. The number of carbonyl (C=O) groups is 1. The number of aryl methyl sites for hydroxylation is 1. The molecule has 0 spiro atoms. The number of hydrogen-bond donors (Lipinski definition) is 2. The van der Waals surface area contributed by atoms with E-state index in [4.69, 9.17) is 4.74 Å². The molecule has 1 heterocycles. The minimum absolute atomic E-state index is 0.246. The fourth-order valence-electron chi connectivity index (χ4n) is 3.00. The third-order valence-corrected chi connectivity index (χ3v) is 4.34. The summed E-state index contributed by atoms with van der Waals surface area (Å²) in [4.78, 5) is 36.7. The largest absolute Gasteiger partial charge is 0.496 e. The molecule has 3 rings (SSSR count). The zero-order valence-electron chi connectivity index (χ0n) is 15.2. The molecule has 0 saturated carbocycles. The van der Waals surface area contributed by atoms with Gasteiger partial charge in [-0.25, -0.2) is 4.68 Å². The summed E-state index contributed by atoms with van der Waals surface area (Å²) in [7, 11) is 1.61. The van der Waals surface area contributed by atoms with Gasteiger partial charge in [0.15, 0.2) is 0 Å². The zero-order chi connectivity index (χ0) is 19.4. The first-order chi connectivity index (χ1) is 13.0. The van der Waals surface area contributed by atoms with Gasteiger partial charge >= 0.3 is 0 Å². The maximum absolute atomic E-state index is 12.4. The molecule has 7 heteroatoms. The monoisotopic (exact) mass is 367 g/mol. The number of rotatable bonds is 6. The van der Waals surface area contributed by atoms with Crippen LogP contribution in [0.3, 0.4) is 0 Å². The van der Waals surface area contributed by atoms with Crippen molar-refractivity contribution in [2.24, 2.45) is 0 Å². The third kappa shape index (κ3) is 4.08. The van der Waals surface area contributed by atoms with Gasteiger partial charge in [-0.3, -0.25) is 19.5 Å². The normalized spacial score (nSPS) is 10.7. The summed E-state index contributed by atoms with van der Waals surface area (Å²) in [6.45, 7) is 2.14. The van der Waals surface area contributed by atoms with Gasteiger partial charge in [0.05, 0.1) is 17.9 Å². The van der Waals surface area contributed by atoms with Crippen molar-refractivity contribution in [1.29, 1.82) is 0 Å². The molecule has 1 amide bonds. The Hall–Kier alpha value is -3.35. The van der Waals surface area contributed by atoms with E-state index in [0.717, 1.165) is 21.6 Å². The van der Waals surface area contributed by atoms with Crippen LogP contribution < -0.4 is 21.2 Å². The molecule has 7 nitrogen and oxygen atoms in total. The zero-order valence-corrected chi connectivity index (χ0v) is 15.2. The summed E-state index contributed by atoms with van der Waals surface area (Å²) >= 11 is 0. The standard InChI is InChI=1S/C20H21N3O4/c1-13-7-8-17(27-2)14(11-13)9-10-21-18(24)12-23-20(26)16-6-4-3-5-15(16)19(25)22-23/h3-8,11H,9-10,12H2,1-2H3,(H,21,24)(H,22,25). The lowest BCUT2D eigenvalue weighted by molar-refractivity contribution is -0.121. The second-order valence-corrected chi connectivity index (χ2v) is 6.29. The number of amides is 1. The molecule has 0 aliphatic carbocycles. The van der Waals surface area contributed by atoms with Crippen LogP contribution in [0.2, 0.25) is 0 Å². The molecule has 0 aliphatic rings. The van der Waals surface area contributed by atoms with Crippen molar-refractivity contribution in [3.8, 4) is 5.75 Å². The van der Waals surface area contributed by atoms with Crippen LogP contribution in [-0.4, -0.2) is 29.3 Å². The molecular formula is C20H21N3O4. The number of ether oxygens (including phenoxy) is 1. The minimum atomic E-state index is -0.402. The van der Waals surface area contributed by atoms with Crippen LogP contribution in [-0.2, 0) is 17.8 Å². The SMILES string of the molecule is COc1ccc(C)cc1CCNC(=O)Cn1[nH]c(=O)c2ccccc2c1=O. The first-order valence-corrected chi connectivity index (χ1v) is 8.61. The molecule has 0 aliphatic heterocycles. The molecule has 0 fully saturated rings. The van der Waals surface area contributed by atoms with E-state index in [0.29, 0.717) is 23.7 Å². The minimum Gasteiger partial charge on any atom is -0.496 e. The van der Waals surface area contributed by atoms with Gasteiger partial charge in [0.1, 0.15) is 12.3 Å². The molecule has 140 valence electrons. The van der Waals surface area contributed by atoms with Crippen molar-refractivity contribution < 1.29 is 9.53 Å². The maximum Gasteiger partial charge on any atom is 0.273 e. The van der Waals surface area contributed by atoms with Gasteiger partial charge in [-0.2, -0.15) is 0 Å². The Balaban J connectivity index is 1.68. The third-order valence-electron chi connectivity index (χ3n) is 4.34. The lowest BCUT2D eigenvalue weighted by Crippen LogP contribution is -2.37. The van der Waals surface area contributed by atoms with Gasteiger partial charge < -0.3 is 10.1 Å². The number of methoxy groups -OCH3 is 1. The Morgan fingerprint density at radius 1 is 1.15 bits per heavy atom. The van der Waals surface area contributed by atoms with Crippen LogP contribution in [0.25, 0.3) is 10.8 Å². The number of carbonyl (C=O) groups excluding carboxylic acids is 1. The van der Waals surface area contributed by atoms with Gasteiger partial charge in [0, 0.05) is 6.54 Å². The molecule has 1 aromatic heterocycles. The molecular weight excluding hydrogens is 346 g/mol. The van der Waals surface area contributed by atoms with E-state index in [2.05, 4.69) is 10.4 Å².